The molecule has 0 amide bonds. The van der Waals surface area contributed by atoms with Gasteiger partial charge in [-0.3, -0.25) is 9.69 Å². The van der Waals surface area contributed by atoms with Gasteiger partial charge in [0.25, 0.3) is 0 Å². The van der Waals surface area contributed by atoms with Crippen molar-refractivity contribution >= 4 is 18.4 Å². The van der Waals surface area contributed by atoms with Crippen LogP contribution < -0.4 is 4.74 Å². The highest BCUT2D eigenvalue weighted by Gasteiger charge is 2.19. The highest BCUT2D eigenvalue weighted by Crippen LogP contribution is 2.20. The molecule has 1 unspecified atom stereocenters. The van der Waals surface area contributed by atoms with E-state index in [0.29, 0.717) is 11.7 Å². The van der Waals surface area contributed by atoms with Crippen LogP contribution in [0, 0.1) is 0 Å². The number of hydrogen-bond acceptors (Lipinski definition) is 6. The van der Waals surface area contributed by atoms with Crippen LogP contribution in [0.2, 0.25) is 0 Å². The third kappa shape index (κ3) is 4.19. The molecule has 2 rings (SSSR count). The van der Waals surface area contributed by atoms with Gasteiger partial charge in [0.2, 0.25) is 11.7 Å². The molecule has 0 aliphatic heterocycles. The van der Waals surface area contributed by atoms with Crippen molar-refractivity contribution in [1.82, 2.24) is 15.0 Å². The average molecular weight is 328 g/mol. The van der Waals surface area contributed by atoms with E-state index < -0.39 is 12.0 Å². The Morgan fingerprint density at radius 3 is 2.59 bits per heavy atom. The molecule has 120 valence electrons. The standard InChI is InChI=1S/C14H17N3O4.ClH/c1-9(14(18)19)17(2)8-12-15-13(16-21-12)10-4-6-11(20-3)7-5-10;/h4-7,9H,8H2,1-3H3,(H,18,19);1H. The maximum absolute atomic E-state index is 10.9. The van der Waals surface area contributed by atoms with Gasteiger partial charge < -0.3 is 14.4 Å². The number of carboxylic acid groups (broad SMARTS) is 1. The lowest BCUT2D eigenvalue weighted by Gasteiger charge is -2.18. The Bertz CT molecular complexity index is 615. The van der Waals surface area contributed by atoms with E-state index in [4.69, 9.17) is 14.4 Å². The zero-order valence-electron chi connectivity index (χ0n) is 12.5. The monoisotopic (exact) mass is 327 g/mol. The van der Waals surface area contributed by atoms with Gasteiger partial charge in [0.1, 0.15) is 11.8 Å². The van der Waals surface area contributed by atoms with Crippen LogP contribution in [0.3, 0.4) is 0 Å². The van der Waals surface area contributed by atoms with Crippen LogP contribution >= 0.6 is 12.4 Å². The van der Waals surface area contributed by atoms with E-state index in [1.54, 1.807) is 26.0 Å². The van der Waals surface area contributed by atoms with Crippen molar-refractivity contribution in [2.75, 3.05) is 14.2 Å². The first-order valence-corrected chi connectivity index (χ1v) is 6.41. The van der Waals surface area contributed by atoms with Gasteiger partial charge in [0.15, 0.2) is 0 Å². The fraction of sp³-hybridized carbons (Fsp3) is 0.357. The van der Waals surface area contributed by atoms with Gasteiger partial charge in [0, 0.05) is 5.56 Å². The summed E-state index contributed by atoms with van der Waals surface area (Å²) in [4.78, 5) is 16.8. The number of ether oxygens (including phenoxy) is 1. The molecular weight excluding hydrogens is 310 g/mol. The van der Waals surface area contributed by atoms with Crippen molar-refractivity contribution in [2.24, 2.45) is 0 Å². The third-order valence-corrected chi connectivity index (χ3v) is 3.22. The first-order valence-electron chi connectivity index (χ1n) is 6.41. The molecule has 7 nitrogen and oxygen atoms in total. The summed E-state index contributed by atoms with van der Waals surface area (Å²) in [7, 11) is 3.29. The summed E-state index contributed by atoms with van der Waals surface area (Å²) >= 11 is 0. The Kier molecular flexibility index (Phi) is 6.33. The predicted molar refractivity (Wildman–Crippen MR) is 82.1 cm³/mol. The summed E-state index contributed by atoms with van der Waals surface area (Å²) < 4.78 is 10.2. The molecule has 1 aromatic carbocycles. The number of aliphatic carboxylic acids is 1. The zero-order chi connectivity index (χ0) is 15.4. The normalized spacial score (nSPS) is 11.8. The number of rotatable bonds is 6. The second kappa shape index (κ2) is 7.77. The SMILES string of the molecule is COc1ccc(-c2noc(CN(C)C(C)C(=O)O)n2)cc1.Cl. The average Bonchev–Trinajstić information content (AvgIpc) is 2.94. The summed E-state index contributed by atoms with van der Waals surface area (Å²) in [5, 5.41) is 12.8. The van der Waals surface area contributed by atoms with Crippen molar-refractivity contribution in [3.8, 4) is 17.1 Å². The van der Waals surface area contributed by atoms with Crippen molar-refractivity contribution < 1.29 is 19.2 Å². The second-order valence-electron chi connectivity index (χ2n) is 4.67. The molecule has 0 radical (unpaired) electrons. The van der Waals surface area contributed by atoms with Gasteiger partial charge in [-0.2, -0.15) is 4.98 Å². The molecule has 0 saturated carbocycles. The predicted octanol–water partition coefficient (Wildman–Crippen LogP) is 2.07. The van der Waals surface area contributed by atoms with Crippen LogP contribution in [-0.4, -0.2) is 46.3 Å². The molecule has 0 aliphatic rings. The topological polar surface area (TPSA) is 88.7 Å². The Balaban J connectivity index is 0.00000242. The quantitative estimate of drug-likeness (QED) is 0.868. The molecule has 1 N–H and O–H groups in total. The lowest BCUT2D eigenvalue weighted by Crippen LogP contribution is -2.35. The first kappa shape index (κ1) is 17.9. The van der Waals surface area contributed by atoms with E-state index in [1.165, 1.54) is 0 Å². The molecule has 1 heterocycles. The molecule has 0 bridgehead atoms. The largest absolute Gasteiger partial charge is 0.497 e. The molecule has 0 aliphatic carbocycles. The molecule has 1 atom stereocenters. The Morgan fingerprint density at radius 2 is 2.05 bits per heavy atom. The van der Waals surface area contributed by atoms with E-state index >= 15 is 0 Å². The summed E-state index contributed by atoms with van der Waals surface area (Å²) in [6, 6.07) is 6.66. The maximum Gasteiger partial charge on any atom is 0.320 e. The van der Waals surface area contributed by atoms with Crippen molar-refractivity contribution in [2.45, 2.75) is 19.5 Å². The van der Waals surface area contributed by atoms with Crippen LogP contribution in [0.25, 0.3) is 11.4 Å². The van der Waals surface area contributed by atoms with E-state index in [9.17, 15) is 4.79 Å². The summed E-state index contributed by atoms with van der Waals surface area (Å²) in [5.74, 6) is 0.685. The van der Waals surface area contributed by atoms with Gasteiger partial charge in [0.05, 0.1) is 13.7 Å². The zero-order valence-corrected chi connectivity index (χ0v) is 13.3. The molecule has 22 heavy (non-hydrogen) atoms. The van der Waals surface area contributed by atoms with Crippen LogP contribution in [0.15, 0.2) is 28.8 Å². The Morgan fingerprint density at radius 1 is 1.41 bits per heavy atom. The van der Waals surface area contributed by atoms with Gasteiger partial charge in [-0.15, -0.1) is 12.4 Å². The number of carbonyl (C=O) groups is 1. The first-order chi connectivity index (χ1) is 10.0. The Hall–Kier alpha value is -2.12. The molecular formula is C14H18ClN3O4. The number of carboxylic acids is 1. The number of aromatic nitrogens is 2. The fourth-order valence-corrected chi connectivity index (χ4v) is 1.72. The molecule has 8 heteroatoms. The lowest BCUT2D eigenvalue weighted by atomic mass is 10.2. The molecule has 2 aromatic rings. The van der Waals surface area contributed by atoms with E-state index in [0.717, 1.165) is 11.3 Å². The maximum atomic E-state index is 10.9. The number of methoxy groups -OCH3 is 1. The van der Waals surface area contributed by atoms with E-state index in [-0.39, 0.29) is 19.0 Å². The number of hydrogen-bond donors (Lipinski definition) is 1. The van der Waals surface area contributed by atoms with Gasteiger partial charge in [-0.05, 0) is 38.2 Å². The minimum absolute atomic E-state index is 0. The minimum atomic E-state index is -0.896. The number of halogens is 1. The third-order valence-electron chi connectivity index (χ3n) is 3.22. The van der Waals surface area contributed by atoms with Crippen LogP contribution in [0.1, 0.15) is 12.8 Å². The van der Waals surface area contributed by atoms with Gasteiger partial charge >= 0.3 is 5.97 Å². The summed E-state index contributed by atoms with van der Waals surface area (Å²) in [5.41, 5.74) is 0.805. The van der Waals surface area contributed by atoms with Crippen molar-refractivity contribution in [1.29, 1.82) is 0 Å². The van der Waals surface area contributed by atoms with E-state index in [2.05, 4.69) is 10.1 Å². The fourth-order valence-electron chi connectivity index (χ4n) is 1.72. The van der Waals surface area contributed by atoms with Crippen LogP contribution in [0.4, 0.5) is 0 Å². The summed E-state index contributed by atoms with van der Waals surface area (Å²) in [6.07, 6.45) is 0. The Labute approximate surface area is 134 Å². The summed E-state index contributed by atoms with van der Waals surface area (Å²) in [6.45, 7) is 1.87. The molecule has 0 spiro atoms. The minimum Gasteiger partial charge on any atom is -0.497 e. The van der Waals surface area contributed by atoms with E-state index in [1.807, 2.05) is 24.3 Å². The second-order valence-corrected chi connectivity index (χ2v) is 4.67. The number of benzene rings is 1. The van der Waals surface area contributed by atoms with Gasteiger partial charge in [-0.1, -0.05) is 5.16 Å². The van der Waals surface area contributed by atoms with Gasteiger partial charge in [-0.25, -0.2) is 0 Å². The van der Waals surface area contributed by atoms with Crippen molar-refractivity contribution in [3.05, 3.63) is 30.2 Å². The highest BCUT2D eigenvalue weighted by atomic mass is 35.5. The molecule has 0 fully saturated rings. The highest BCUT2D eigenvalue weighted by molar-refractivity contribution is 5.85. The smallest absolute Gasteiger partial charge is 0.320 e. The molecule has 0 saturated heterocycles. The van der Waals surface area contributed by atoms with Crippen LogP contribution in [-0.2, 0) is 11.3 Å². The van der Waals surface area contributed by atoms with Crippen LogP contribution in [0.5, 0.6) is 5.75 Å². The van der Waals surface area contributed by atoms with Crippen molar-refractivity contribution in [3.63, 3.8) is 0 Å². The lowest BCUT2D eigenvalue weighted by molar-refractivity contribution is -0.142. The number of nitrogens with zero attached hydrogens (tertiary/aromatic N) is 3. The molecule has 1 aromatic heterocycles. The number of likely N-dealkylation sites (N-methyl/N-ethyl adjacent to an activating group) is 1.